The van der Waals surface area contributed by atoms with Gasteiger partial charge in [0.1, 0.15) is 0 Å². The number of hydrogen-bond acceptors (Lipinski definition) is 4. The average molecular weight is 440 g/mol. The van der Waals surface area contributed by atoms with E-state index in [1.807, 2.05) is 0 Å². The van der Waals surface area contributed by atoms with Crippen molar-refractivity contribution in [3.8, 4) is 11.6 Å². The van der Waals surface area contributed by atoms with Crippen LogP contribution in [-0.4, -0.2) is 32.5 Å². The molecule has 1 aliphatic rings. The van der Waals surface area contributed by atoms with Crippen molar-refractivity contribution in [3.05, 3.63) is 52.8 Å². The Kier molecular flexibility index (Phi) is 5.42. The van der Waals surface area contributed by atoms with Crippen LogP contribution in [-0.2, 0) is 11.0 Å². The maximum absolute atomic E-state index is 13.1. The van der Waals surface area contributed by atoms with Gasteiger partial charge in [-0.3, -0.25) is 9.89 Å². The third-order valence-electron chi connectivity index (χ3n) is 4.81. The molecule has 2 heterocycles. The van der Waals surface area contributed by atoms with Crippen LogP contribution in [0.25, 0.3) is 5.69 Å². The lowest BCUT2D eigenvalue weighted by molar-refractivity contribution is -0.141. The molecule has 2 aromatic heterocycles. The second-order valence-electron chi connectivity index (χ2n) is 6.90. The van der Waals surface area contributed by atoms with Gasteiger partial charge in [0, 0.05) is 23.7 Å². The number of nitrogens with zero attached hydrogens (tertiary/aromatic N) is 3. The predicted molar refractivity (Wildman–Crippen MR) is 103 cm³/mol. The number of carbonyl (C=O) groups excluding carboxylic acids is 1. The van der Waals surface area contributed by atoms with Gasteiger partial charge in [-0.05, 0) is 25.0 Å². The van der Waals surface area contributed by atoms with E-state index in [1.165, 1.54) is 12.1 Å². The Morgan fingerprint density at radius 2 is 2.07 bits per heavy atom. The number of rotatable bonds is 6. The molecule has 7 nitrogen and oxygen atoms in total. The Bertz CT molecular complexity index is 1060. The van der Waals surface area contributed by atoms with Crippen molar-refractivity contribution >= 4 is 23.3 Å². The Morgan fingerprint density at radius 1 is 1.30 bits per heavy atom. The van der Waals surface area contributed by atoms with Crippen molar-refractivity contribution in [2.45, 2.75) is 31.4 Å². The quantitative estimate of drug-likeness (QED) is 0.590. The monoisotopic (exact) mass is 439 g/mol. The number of anilines is 1. The molecule has 158 valence electrons. The number of H-pyrrole nitrogens is 1. The van der Waals surface area contributed by atoms with Gasteiger partial charge in [-0.2, -0.15) is 28.1 Å². The van der Waals surface area contributed by atoms with Crippen LogP contribution in [0.4, 0.5) is 19.0 Å². The molecule has 1 amide bonds. The minimum atomic E-state index is -4.68. The SMILES string of the molecule is O=C(COc1cc(C(F)(F)F)nn1-c1ccccc1Cl)Nc1cc(C2CCC2)[nH]n1. The molecule has 1 aliphatic carbocycles. The lowest BCUT2D eigenvalue weighted by Crippen LogP contribution is -2.21. The van der Waals surface area contributed by atoms with Crippen LogP contribution in [0.2, 0.25) is 5.02 Å². The number of amides is 1. The van der Waals surface area contributed by atoms with Crippen LogP contribution in [0.15, 0.2) is 36.4 Å². The molecule has 30 heavy (non-hydrogen) atoms. The molecule has 1 aromatic carbocycles. The van der Waals surface area contributed by atoms with Crippen LogP contribution in [0, 0.1) is 0 Å². The third-order valence-corrected chi connectivity index (χ3v) is 5.13. The number of aromatic nitrogens is 4. The molecule has 1 fully saturated rings. The third kappa shape index (κ3) is 4.28. The van der Waals surface area contributed by atoms with Crippen LogP contribution in [0.5, 0.6) is 5.88 Å². The normalized spacial score (nSPS) is 14.4. The summed E-state index contributed by atoms with van der Waals surface area (Å²) in [5.41, 5.74) is -0.0122. The van der Waals surface area contributed by atoms with Crippen molar-refractivity contribution in [1.29, 1.82) is 0 Å². The Labute approximate surface area is 174 Å². The van der Waals surface area contributed by atoms with Crippen LogP contribution >= 0.6 is 11.6 Å². The van der Waals surface area contributed by atoms with Gasteiger partial charge in [0.15, 0.2) is 18.1 Å². The zero-order chi connectivity index (χ0) is 21.3. The van der Waals surface area contributed by atoms with E-state index in [-0.39, 0.29) is 16.6 Å². The number of halogens is 4. The van der Waals surface area contributed by atoms with E-state index in [1.54, 1.807) is 18.2 Å². The lowest BCUT2D eigenvalue weighted by Gasteiger charge is -2.23. The molecule has 0 spiro atoms. The van der Waals surface area contributed by atoms with E-state index in [2.05, 4.69) is 20.6 Å². The summed E-state index contributed by atoms with van der Waals surface area (Å²) < 4.78 is 45.6. The van der Waals surface area contributed by atoms with E-state index in [4.69, 9.17) is 16.3 Å². The second-order valence-corrected chi connectivity index (χ2v) is 7.31. The molecule has 0 bridgehead atoms. The van der Waals surface area contributed by atoms with Gasteiger partial charge in [0.2, 0.25) is 5.88 Å². The Morgan fingerprint density at radius 3 is 2.73 bits per heavy atom. The number of benzene rings is 1. The number of nitrogens with one attached hydrogen (secondary N) is 2. The van der Waals surface area contributed by atoms with E-state index >= 15 is 0 Å². The number of ether oxygens (including phenoxy) is 1. The highest BCUT2D eigenvalue weighted by Crippen LogP contribution is 2.36. The maximum Gasteiger partial charge on any atom is 0.435 e. The minimum Gasteiger partial charge on any atom is -0.467 e. The standard InChI is InChI=1S/C19H17ClF3N5O2/c20-12-6-1-2-7-14(12)28-18(9-15(27-28)19(21,22)23)30-10-17(29)24-16-8-13(25-26-16)11-4-3-5-11/h1-2,6-9,11H,3-5,10H2,(H2,24,25,26,29). The van der Waals surface area contributed by atoms with E-state index in [9.17, 15) is 18.0 Å². The maximum atomic E-state index is 13.1. The van der Waals surface area contributed by atoms with Crippen molar-refractivity contribution in [2.24, 2.45) is 0 Å². The van der Waals surface area contributed by atoms with E-state index in [0.29, 0.717) is 11.7 Å². The summed E-state index contributed by atoms with van der Waals surface area (Å²) >= 11 is 6.08. The van der Waals surface area contributed by atoms with Crippen molar-refractivity contribution in [3.63, 3.8) is 0 Å². The van der Waals surface area contributed by atoms with E-state index < -0.39 is 24.4 Å². The van der Waals surface area contributed by atoms with Gasteiger partial charge in [-0.15, -0.1) is 0 Å². The van der Waals surface area contributed by atoms with Gasteiger partial charge in [-0.1, -0.05) is 30.2 Å². The average Bonchev–Trinajstić information content (AvgIpc) is 3.26. The van der Waals surface area contributed by atoms with Crippen LogP contribution in [0.1, 0.15) is 36.6 Å². The molecule has 11 heteroatoms. The minimum absolute atomic E-state index is 0.184. The largest absolute Gasteiger partial charge is 0.467 e. The Balaban J connectivity index is 1.48. The number of para-hydroxylation sites is 1. The summed E-state index contributed by atoms with van der Waals surface area (Å²) in [6.45, 7) is -0.529. The molecule has 4 rings (SSSR count). The highest BCUT2D eigenvalue weighted by Gasteiger charge is 2.36. The number of alkyl halides is 3. The zero-order valence-corrected chi connectivity index (χ0v) is 16.3. The van der Waals surface area contributed by atoms with Gasteiger partial charge in [0.25, 0.3) is 5.91 Å². The van der Waals surface area contributed by atoms with Crippen molar-refractivity contribution in [2.75, 3.05) is 11.9 Å². The van der Waals surface area contributed by atoms with Gasteiger partial charge in [-0.25, -0.2) is 0 Å². The number of aromatic amines is 1. The highest BCUT2D eigenvalue weighted by atomic mass is 35.5. The molecule has 0 atom stereocenters. The fourth-order valence-electron chi connectivity index (χ4n) is 3.05. The zero-order valence-electron chi connectivity index (χ0n) is 15.5. The molecule has 0 aliphatic heterocycles. The summed E-state index contributed by atoms with van der Waals surface area (Å²) in [5, 5.41) is 13.2. The first-order valence-electron chi connectivity index (χ1n) is 9.21. The summed E-state index contributed by atoms with van der Waals surface area (Å²) in [7, 11) is 0. The summed E-state index contributed by atoms with van der Waals surface area (Å²) in [5.74, 6) is -0.0730. The second kappa shape index (κ2) is 8.02. The first-order chi connectivity index (χ1) is 14.3. The number of hydrogen-bond donors (Lipinski definition) is 2. The van der Waals surface area contributed by atoms with Crippen molar-refractivity contribution < 1.29 is 22.7 Å². The number of carbonyl (C=O) groups is 1. The molecular formula is C19H17ClF3N5O2. The van der Waals surface area contributed by atoms with Crippen LogP contribution in [0.3, 0.4) is 0 Å². The summed E-state index contributed by atoms with van der Waals surface area (Å²) in [6, 6.07) is 8.71. The van der Waals surface area contributed by atoms with E-state index in [0.717, 1.165) is 35.7 Å². The fourth-order valence-corrected chi connectivity index (χ4v) is 3.26. The fraction of sp³-hybridized carbons (Fsp3) is 0.316. The molecular weight excluding hydrogens is 423 g/mol. The smallest absolute Gasteiger partial charge is 0.435 e. The summed E-state index contributed by atoms with van der Waals surface area (Å²) in [6.07, 6.45) is -1.36. The summed E-state index contributed by atoms with van der Waals surface area (Å²) in [4.78, 5) is 12.2. The van der Waals surface area contributed by atoms with Gasteiger partial charge < -0.3 is 10.1 Å². The van der Waals surface area contributed by atoms with Crippen molar-refractivity contribution in [1.82, 2.24) is 20.0 Å². The molecule has 0 unspecified atom stereocenters. The van der Waals surface area contributed by atoms with Gasteiger partial charge >= 0.3 is 6.18 Å². The highest BCUT2D eigenvalue weighted by molar-refractivity contribution is 6.32. The van der Waals surface area contributed by atoms with Crippen LogP contribution < -0.4 is 10.1 Å². The Hall–Kier alpha value is -3.01. The first-order valence-corrected chi connectivity index (χ1v) is 9.59. The molecule has 2 N–H and O–H groups in total. The van der Waals surface area contributed by atoms with Gasteiger partial charge in [0.05, 0.1) is 10.7 Å². The molecule has 1 saturated carbocycles. The molecule has 3 aromatic rings. The molecule has 0 saturated heterocycles. The lowest BCUT2D eigenvalue weighted by atomic mass is 9.83. The topological polar surface area (TPSA) is 84.8 Å². The molecule has 0 radical (unpaired) electrons. The predicted octanol–water partition coefficient (Wildman–Crippen LogP) is 4.55. The first kappa shape index (κ1) is 20.3.